The Balaban J connectivity index is 1.95. The number of nitro benzene ring substituents is 1. The number of aromatic nitrogens is 2. The minimum atomic E-state index is -1.08. The Morgan fingerprint density at radius 3 is 2.62 bits per heavy atom. The van der Waals surface area contributed by atoms with Crippen molar-refractivity contribution >= 4 is 11.7 Å². The van der Waals surface area contributed by atoms with Gasteiger partial charge in [0.1, 0.15) is 11.9 Å². The monoisotopic (exact) mass is 288 g/mol. The van der Waals surface area contributed by atoms with Gasteiger partial charge in [0.05, 0.1) is 10.6 Å². The summed E-state index contributed by atoms with van der Waals surface area (Å²) >= 11 is 0. The fourth-order valence-corrected chi connectivity index (χ4v) is 1.74. The fraction of sp³-hybridized carbons (Fsp3) is 0.154. The predicted molar refractivity (Wildman–Crippen MR) is 72.6 cm³/mol. The molecule has 8 heteroatoms. The van der Waals surface area contributed by atoms with Gasteiger partial charge in [0.25, 0.3) is 5.69 Å². The summed E-state index contributed by atoms with van der Waals surface area (Å²) in [4.78, 5) is 28.7. The topological polar surface area (TPSA) is 118 Å². The quantitative estimate of drug-likeness (QED) is 0.608. The lowest BCUT2D eigenvalue weighted by molar-refractivity contribution is -0.384. The highest BCUT2D eigenvalue weighted by Crippen LogP contribution is 2.12. The number of nitro groups is 1. The molecular formula is C13H12N4O4. The number of nitrogens with one attached hydrogen (secondary N) is 1. The van der Waals surface area contributed by atoms with Crippen LogP contribution in [0.2, 0.25) is 0 Å². The van der Waals surface area contributed by atoms with Crippen LogP contribution < -0.4 is 5.32 Å². The number of carboxylic acids is 1. The van der Waals surface area contributed by atoms with Crippen molar-refractivity contribution < 1.29 is 14.8 Å². The van der Waals surface area contributed by atoms with Crippen molar-refractivity contribution in [1.29, 1.82) is 0 Å². The normalized spacial score (nSPS) is 10.3. The highest BCUT2D eigenvalue weighted by molar-refractivity contribution is 5.88. The maximum Gasteiger partial charge on any atom is 0.339 e. The van der Waals surface area contributed by atoms with E-state index in [-0.39, 0.29) is 17.8 Å². The second kappa shape index (κ2) is 6.53. The van der Waals surface area contributed by atoms with Gasteiger partial charge in [0.15, 0.2) is 0 Å². The number of benzene rings is 1. The molecule has 1 aromatic heterocycles. The molecule has 0 spiro atoms. The first-order valence-electron chi connectivity index (χ1n) is 6.04. The van der Waals surface area contributed by atoms with Crippen LogP contribution >= 0.6 is 0 Å². The lowest BCUT2D eigenvalue weighted by Gasteiger charge is -2.06. The van der Waals surface area contributed by atoms with Crippen LogP contribution in [0, 0.1) is 10.1 Å². The number of nitrogens with zero attached hydrogens (tertiary/aromatic N) is 3. The van der Waals surface area contributed by atoms with Crippen molar-refractivity contribution in [3.63, 3.8) is 0 Å². The Hall–Kier alpha value is -2.87. The number of aromatic carboxylic acids is 1. The molecule has 0 fully saturated rings. The molecule has 21 heavy (non-hydrogen) atoms. The van der Waals surface area contributed by atoms with Crippen molar-refractivity contribution in [2.75, 3.05) is 0 Å². The van der Waals surface area contributed by atoms with Crippen LogP contribution in [-0.4, -0.2) is 26.0 Å². The maximum atomic E-state index is 11.0. The van der Waals surface area contributed by atoms with E-state index in [4.69, 9.17) is 5.11 Å². The van der Waals surface area contributed by atoms with Crippen molar-refractivity contribution in [3.8, 4) is 0 Å². The Morgan fingerprint density at radius 1 is 1.29 bits per heavy atom. The zero-order chi connectivity index (χ0) is 15.2. The van der Waals surface area contributed by atoms with E-state index in [1.54, 1.807) is 12.1 Å². The first kappa shape index (κ1) is 14.5. The second-order valence-electron chi connectivity index (χ2n) is 4.22. The van der Waals surface area contributed by atoms with Crippen LogP contribution in [0.1, 0.15) is 21.6 Å². The molecule has 0 unspecified atom stereocenters. The molecule has 8 nitrogen and oxygen atoms in total. The van der Waals surface area contributed by atoms with Gasteiger partial charge in [-0.25, -0.2) is 14.8 Å². The molecule has 0 radical (unpaired) electrons. The summed E-state index contributed by atoms with van der Waals surface area (Å²) in [6.45, 7) is 0.711. The van der Waals surface area contributed by atoms with Gasteiger partial charge < -0.3 is 10.4 Å². The highest BCUT2D eigenvalue weighted by atomic mass is 16.6. The van der Waals surface area contributed by atoms with Gasteiger partial charge in [-0.05, 0) is 5.56 Å². The molecule has 2 N–H and O–H groups in total. The second-order valence-corrected chi connectivity index (χ2v) is 4.22. The van der Waals surface area contributed by atoms with E-state index in [2.05, 4.69) is 15.3 Å². The van der Waals surface area contributed by atoms with E-state index in [1.165, 1.54) is 24.7 Å². The summed E-state index contributed by atoms with van der Waals surface area (Å²) in [7, 11) is 0. The molecule has 0 atom stereocenters. The third kappa shape index (κ3) is 3.80. The summed E-state index contributed by atoms with van der Waals surface area (Å²) in [5.74, 6) is -1.08. The summed E-state index contributed by atoms with van der Waals surface area (Å²) in [6.07, 6.45) is 2.54. The number of non-ortho nitro benzene ring substituents is 1. The molecule has 2 aromatic rings. The van der Waals surface area contributed by atoms with E-state index in [0.29, 0.717) is 12.2 Å². The van der Waals surface area contributed by atoms with E-state index in [9.17, 15) is 14.9 Å². The van der Waals surface area contributed by atoms with Crippen molar-refractivity contribution in [3.05, 3.63) is 63.7 Å². The maximum absolute atomic E-state index is 11.0. The molecule has 0 aliphatic heterocycles. The first-order valence-corrected chi connectivity index (χ1v) is 6.04. The third-order valence-corrected chi connectivity index (χ3v) is 2.79. The van der Waals surface area contributed by atoms with E-state index < -0.39 is 10.9 Å². The van der Waals surface area contributed by atoms with Crippen molar-refractivity contribution in [2.24, 2.45) is 0 Å². The number of carboxylic acid groups (broad SMARTS) is 1. The van der Waals surface area contributed by atoms with E-state index in [0.717, 1.165) is 5.56 Å². The Kier molecular flexibility index (Phi) is 4.52. The number of rotatable bonds is 6. The summed E-state index contributed by atoms with van der Waals surface area (Å²) in [5, 5.41) is 22.6. The average molecular weight is 288 g/mol. The summed E-state index contributed by atoms with van der Waals surface area (Å²) < 4.78 is 0. The molecule has 108 valence electrons. The molecule has 0 amide bonds. The van der Waals surface area contributed by atoms with E-state index >= 15 is 0 Å². The van der Waals surface area contributed by atoms with Crippen LogP contribution in [0.25, 0.3) is 0 Å². The van der Waals surface area contributed by atoms with Gasteiger partial charge in [0.2, 0.25) is 0 Å². The summed E-state index contributed by atoms with van der Waals surface area (Å²) in [5.41, 5.74) is 1.32. The Morgan fingerprint density at radius 2 is 2.00 bits per heavy atom. The van der Waals surface area contributed by atoms with Crippen molar-refractivity contribution in [2.45, 2.75) is 13.1 Å². The predicted octanol–water partition coefficient (Wildman–Crippen LogP) is 1.37. The van der Waals surface area contributed by atoms with Crippen LogP contribution in [-0.2, 0) is 13.1 Å². The van der Waals surface area contributed by atoms with Crippen LogP contribution in [0.5, 0.6) is 0 Å². The smallest absolute Gasteiger partial charge is 0.339 e. The molecule has 0 saturated heterocycles. The lowest BCUT2D eigenvalue weighted by Crippen LogP contribution is -2.17. The molecular weight excluding hydrogens is 276 g/mol. The number of carbonyl (C=O) groups is 1. The molecule has 1 aromatic carbocycles. The third-order valence-electron chi connectivity index (χ3n) is 2.79. The first-order chi connectivity index (χ1) is 10.1. The van der Waals surface area contributed by atoms with E-state index in [1.807, 2.05) is 0 Å². The molecule has 2 rings (SSSR count). The molecule has 0 aliphatic rings. The Bertz CT molecular complexity index is 657. The molecule has 0 bridgehead atoms. The molecule has 0 saturated carbocycles. The molecule has 0 aliphatic carbocycles. The average Bonchev–Trinajstić information content (AvgIpc) is 2.48. The number of hydrogen-bond donors (Lipinski definition) is 2. The lowest BCUT2D eigenvalue weighted by atomic mass is 10.2. The SMILES string of the molecule is O=C(O)c1cncnc1CNCc1ccc([N+](=O)[O-])cc1. The van der Waals surface area contributed by atoms with Gasteiger partial charge in [-0.3, -0.25) is 10.1 Å². The minimum Gasteiger partial charge on any atom is -0.478 e. The fourth-order valence-electron chi connectivity index (χ4n) is 1.74. The largest absolute Gasteiger partial charge is 0.478 e. The minimum absolute atomic E-state index is 0.0303. The van der Waals surface area contributed by atoms with Crippen molar-refractivity contribution in [1.82, 2.24) is 15.3 Å². The highest BCUT2D eigenvalue weighted by Gasteiger charge is 2.10. The van der Waals surface area contributed by atoms with Crippen LogP contribution in [0.4, 0.5) is 5.69 Å². The molecule has 1 heterocycles. The van der Waals surface area contributed by atoms with Crippen LogP contribution in [0.15, 0.2) is 36.8 Å². The standard InChI is InChI=1S/C13H12N4O4/c18-13(19)11-6-15-8-16-12(11)7-14-5-9-1-3-10(4-2-9)17(20)21/h1-4,6,8,14H,5,7H2,(H,18,19). The number of hydrogen-bond acceptors (Lipinski definition) is 6. The van der Waals surface area contributed by atoms with Gasteiger partial charge in [-0.2, -0.15) is 0 Å². The van der Waals surface area contributed by atoms with Crippen LogP contribution in [0.3, 0.4) is 0 Å². The van der Waals surface area contributed by atoms with Gasteiger partial charge in [-0.15, -0.1) is 0 Å². The Labute approximate surface area is 119 Å². The van der Waals surface area contributed by atoms with Gasteiger partial charge in [0, 0.05) is 31.4 Å². The van der Waals surface area contributed by atoms with Gasteiger partial charge in [-0.1, -0.05) is 12.1 Å². The van der Waals surface area contributed by atoms with Gasteiger partial charge >= 0.3 is 5.97 Å². The summed E-state index contributed by atoms with van der Waals surface area (Å²) in [6, 6.07) is 6.13. The zero-order valence-corrected chi connectivity index (χ0v) is 10.9. The zero-order valence-electron chi connectivity index (χ0n) is 10.9.